The van der Waals surface area contributed by atoms with E-state index in [1.807, 2.05) is 24.0 Å². The average molecular weight is 197 g/mol. The number of aromatic nitrogens is 3. The fourth-order valence-electron chi connectivity index (χ4n) is 1.61. The first kappa shape index (κ1) is 8.51. The van der Waals surface area contributed by atoms with Crippen LogP contribution in [0.5, 0.6) is 0 Å². The predicted molar refractivity (Wildman–Crippen MR) is 51.7 cm³/mol. The summed E-state index contributed by atoms with van der Waals surface area (Å²) < 4.78 is 2.00. The van der Waals surface area contributed by atoms with E-state index >= 15 is 0 Å². The largest absolute Gasteiger partial charge is 0.244 e. The number of halogens is 1. The molecule has 4 heteroatoms. The molecule has 13 heavy (non-hydrogen) atoms. The fourth-order valence-corrected chi connectivity index (χ4v) is 1.77. The Morgan fingerprint density at radius 1 is 1.62 bits per heavy atom. The van der Waals surface area contributed by atoms with Crippen molar-refractivity contribution in [2.24, 2.45) is 7.05 Å². The third kappa shape index (κ3) is 1.29. The molecule has 0 spiro atoms. The molecule has 0 atom stereocenters. The van der Waals surface area contributed by atoms with Crippen molar-refractivity contribution in [2.75, 3.05) is 0 Å². The lowest BCUT2D eigenvalue weighted by Gasteiger charge is -1.87. The molecule has 3 nitrogen and oxygen atoms in total. The first-order chi connectivity index (χ1) is 6.22. The highest BCUT2D eigenvalue weighted by atomic mass is 35.5. The van der Waals surface area contributed by atoms with Gasteiger partial charge in [0.2, 0.25) is 5.69 Å². The molecule has 0 fully saturated rings. The van der Waals surface area contributed by atoms with E-state index < -0.39 is 0 Å². The van der Waals surface area contributed by atoms with Gasteiger partial charge < -0.3 is 0 Å². The van der Waals surface area contributed by atoms with Crippen LogP contribution in [0, 0.1) is 0 Å². The smallest absolute Gasteiger partial charge is 0.216 e. The van der Waals surface area contributed by atoms with Crippen molar-refractivity contribution in [1.82, 2.24) is 10.1 Å². The Morgan fingerprint density at radius 2 is 2.38 bits per heavy atom. The quantitative estimate of drug-likeness (QED) is 0.546. The van der Waals surface area contributed by atoms with Crippen LogP contribution in [0.2, 0.25) is 5.15 Å². The Balaban J connectivity index is 2.79. The van der Waals surface area contributed by atoms with Crippen LogP contribution in [-0.4, -0.2) is 10.1 Å². The van der Waals surface area contributed by atoms with E-state index in [-0.39, 0.29) is 0 Å². The number of aryl methyl sites for hydroxylation is 2. The van der Waals surface area contributed by atoms with Crippen LogP contribution in [-0.2, 0) is 13.5 Å². The van der Waals surface area contributed by atoms with Gasteiger partial charge in [0.15, 0.2) is 7.05 Å². The maximum absolute atomic E-state index is 5.78. The standard InChI is InChI=1S/C9H10ClN3/c1-3-8-6-5-11-9(10)4-7(6)12-13(8)2/h4-5H,3H2,1-2H3/p+1. The maximum Gasteiger partial charge on any atom is 0.216 e. The minimum atomic E-state index is 0.525. The summed E-state index contributed by atoms with van der Waals surface area (Å²) in [5, 5.41) is 4.88. The number of aromatic amines is 1. The molecule has 68 valence electrons. The van der Waals surface area contributed by atoms with Crippen molar-refractivity contribution in [3.05, 3.63) is 23.1 Å². The number of fused-ring (bicyclic) bond motifs is 1. The Morgan fingerprint density at radius 3 is 3.08 bits per heavy atom. The van der Waals surface area contributed by atoms with Gasteiger partial charge in [-0.2, -0.15) is 5.10 Å². The van der Waals surface area contributed by atoms with Gasteiger partial charge in [-0.25, -0.2) is 4.98 Å². The SMILES string of the molecule is CCc1c2cnc(Cl)cc2[nH][n+]1C. The van der Waals surface area contributed by atoms with Crippen molar-refractivity contribution in [3.63, 3.8) is 0 Å². The second-order valence-electron chi connectivity index (χ2n) is 3.02. The molecular formula is C9H11ClN3+. The van der Waals surface area contributed by atoms with Gasteiger partial charge in [0.05, 0.1) is 5.39 Å². The Kier molecular flexibility index (Phi) is 1.96. The van der Waals surface area contributed by atoms with E-state index in [0.717, 1.165) is 17.3 Å². The van der Waals surface area contributed by atoms with E-state index in [2.05, 4.69) is 17.0 Å². The van der Waals surface area contributed by atoms with Crippen LogP contribution in [0.15, 0.2) is 12.3 Å². The molecular weight excluding hydrogens is 186 g/mol. The van der Waals surface area contributed by atoms with Gasteiger partial charge in [0.1, 0.15) is 10.7 Å². The molecule has 0 aliphatic heterocycles. The Bertz CT molecular complexity index is 447. The molecule has 0 aromatic carbocycles. The van der Waals surface area contributed by atoms with Crippen molar-refractivity contribution in [2.45, 2.75) is 13.3 Å². The van der Waals surface area contributed by atoms with E-state index in [0.29, 0.717) is 5.15 Å². The van der Waals surface area contributed by atoms with Gasteiger partial charge in [-0.3, -0.25) is 0 Å². The highest BCUT2D eigenvalue weighted by Gasteiger charge is 2.14. The van der Waals surface area contributed by atoms with Gasteiger partial charge in [-0.05, 0) is 0 Å². The molecule has 0 saturated carbocycles. The minimum absolute atomic E-state index is 0.525. The van der Waals surface area contributed by atoms with Crippen molar-refractivity contribution < 1.29 is 4.68 Å². The van der Waals surface area contributed by atoms with E-state index in [1.54, 1.807) is 0 Å². The highest BCUT2D eigenvalue weighted by molar-refractivity contribution is 6.29. The summed E-state index contributed by atoms with van der Waals surface area (Å²) in [6, 6.07) is 1.84. The van der Waals surface area contributed by atoms with Crippen LogP contribution < -0.4 is 4.68 Å². The molecule has 0 amide bonds. The summed E-state index contributed by atoms with van der Waals surface area (Å²) in [4.78, 5) is 4.06. The molecule has 0 bridgehead atoms. The van der Waals surface area contributed by atoms with Crippen LogP contribution in [0.3, 0.4) is 0 Å². The summed E-state index contributed by atoms with van der Waals surface area (Å²) >= 11 is 5.78. The topological polar surface area (TPSA) is 32.6 Å². The van der Waals surface area contributed by atoms with Gasteiger partial charge in [-0.1, -0.05) is 18.5 Å². The molecule has 2 rings (SSSR count). The zero-order valence-corrected chi connectivity index (χ0v) is 8.39. The number of hydrogen-bond acceptors (Lipinski definition) is 1. The highest BCUT2D eigenvalue weighted by Crippen LogP contribution is 2.16. The van der Waals surface area contributed by atoms with Crippen molar-refractivity contribution >= 4 is 22.5 Å². The summed E-state index contributed by atoms with van der Waals surface area (Å²) in [5.74, 6) is 0. The molecule has 2 aromatic heterocycles. The lowest BCUT2D eigenvalue weighted by Crippen LogP contribution is -2.33. The molecule has 0 radical (unpaired) electrons. The normalized spacial score (nSPS) is 11.0. The first-order valence-electron chi connectivity index (χ1n) is 4.24. The van der Waals surface area contributed by atoms with Crippen LogP contribution in [0.1, 0.15) is 12.6 Å². The molecule has 1 N–H and O–H groups in total. The zero-order valence-electron chi connectivity index (χ0n) is 7.63. The number of hydrogen-bond donors (Lipinski definition) is 1. The third-order valence-corrected chi connectivity index (χ3v) is 2.42. The number of rotatable bonds is 1. The molecule has 0 unspecified atom stereocenters. The Hall–Kier alpha value is -1.09. The number of pyridine rings is 1. The van der Waals surface area contributed by atoms with E-state index in [9.17, 15) is 0 Å². The predicted octanol–water partition coefficient (Wildman–Crippen LogP) is 1.60. The van der Waals surface area contributed by atoms with Crippen LogP contribution >= 0.6 is 11.6 Å². The monoisotopic (exact) mass is 196 g/mol. The first-order valence-corrected chi connectivity index (χ1v) is 4.62. The zero-order chi connectivity index (χ0) is 9.42. The van der Waals surface area contributed by atoms with Gasteiger partial charge in [0.25, 0.3) is 0 Å². The molecule has 2 heterocycles. The van der Waals surface area contributed by atoms with E-state index in [4.69, 9.17) is 11.6 Å². The summed E-state index contributed by atoms with van der Waals surface area (Å²) in [7, 11) is 1.99. The minimum Gasteiger partial charge on any atom is -0.244 e. The lowest BCUT2D eigenvalue weighted by atomic mass is 10.2. The van der Waals surface area contributed by atoms with Crippen molar-refractivity contribution in [1.29, 1.82) is 0 Å². The Labute approximate surface area is 81.3 Å². The third-order valence-electron chi connectivity index (χ3n) is 2.21. The number of nitrogens with one attached hydrogen (secondary N) is 1. The second-order valence-corrected chi connectivity index (χ2v) is 3.41. The fraction of sp³-hybridized carbons (Fsp3) is 0.333. The molecule has 0 saturated heterocycles. The molecule has 0 aliphatic rings. The van der Waals surface area contributed by atoms with Crippen LogP contribution in [0.4, 0.5) is 0 Å². The second kappa shape index (κ2) is 3.00. The molecule has 2 aromatic rings. The van der Waals surface area contributed by atoms with Gasteiger partial charge >= 0.3 is 0 Å². The maximum atomic E-state index is 5.78. The average Bonchev–Trinajstić information content (AvgIpc) is 2.39. The van der Waals surface area contributed by atoms with Gasteiger partial charge in [-0.15, -0.1) is 4.68 Å². The number of H-pyrrole nitrogens is 1. The van der Waals surface area contributed by atoms with Crippen molar-refractivity contribution in [3.8, 4) is 0 Å². The van der Waals surface area contributed by atoms with E-state index in [1.165, 1.54) is 5.69 Å². The summed E-state index contributed by atoms with van der Waals surface area (Å²) in [6.45, 7) is 2.12. The summed E-state index contributed by atoms with van der Waals surface area (Å²) in [6.07, 6.45) is 2.80. The lowest BCUT2D eigenvalue weighted by molar-refractivity contribution is -0.731. The number of nitrogens with zero attached hydrogens (tertiary/aromatic N) is 2. The van der Waals surface area contributed by atoms with Gasteiger partial charge in [0, 0.05) is 18.7 Å². The van der Waals surface area contributed by atoms with Crippen LogP contribution in [0.25, 0.3) is 10.9 Å². The summed E-state index contributed by atoms with van der Waals surface area (Å²) in [5.41, 5.74) is 2.29. The molecule has 0 aliphatic carbocycles.